The summed E-state index contributed by atoms with van der Waals surface area (Å²) in [5.41, 5.74) is 3.13. The highest BCUT2D eigenvalue weighted by Gasteiger charge is 2.21. The van der Waals surface area contributed by atoms with Gasteiger partial charge in [-0.1, -0.05) is 41.9 Å². The zero-order valence-corrected chi connectivity index (χ0v) is 15.6. The van der Waals surface area contributed by atoms with Gasteiger partial charge in [0.1, 0.15) is 5.69 Å². The van der Waals surface area contributed by atoms with Gasteiger partial charge in [-0.3, -0.25) is 9.59 Å². The number of H-pyrrole nitrogens is 2. The molecule has 0 atom stereocenters. The molecule has 5 aromatic rings. The highest BCUT2D eigenvalue weighted by Crippen LogP contribution is 2.36. The Kier molecular flexibility index (Phi) is 3.96. The number of hydrogen-bond acceptors (Lipinski definition) is 4. The van der Waals surface area contributed by atoms with Crippen LogP contribution in [0.5, 0.6) is 0 Å². The summed E-state index contributed by atoms with van der Waals surface area (Å²) < 4.78 is 5.04. The van der Waals surface area contributed by atoms with Crippen molar-refractivity contribution in [2.24, 2.45) is 0 Å². The third-order valence-electron chi connectivity index (χ3n) is 4.68. The summed E-state index contributed by atoms with van der Waals surface area (Å²) in [4.78, 5) is 35.5. The number of oxazole rings is 1. The van der Waals surface area contributed by atoms with Crippen molar-refractivity contribution < 1.29 is 9.21 Å². The molecule has 2 aromatic carbocycles. The molecule has 0 aliphatic carbocycles. The number of aromatic amines is 2. The first-order valence-corrected chi connectivity index (χ1v) is 9.12. The number of carbonyl (C=O) groups excluding carboxylic acids is 1. The molecule has 0 saturated heterocycles. The number of rotatable bonds is 3. The number of nitrogens with zero attached hydrogens (tertiary/aromatic N) is 1. The van der Waals surface area contributed by atoms with Gasteiger partial charge in [0.15, 0.2) is 6.39 Å². The molecule has 7 nitrogen and oxygen atoms in total. The van der Waals surface area contributed by atoms with Crippen molar-refractivity contribution in [3.8, 4) is 11.1 Å². The van der Waals surface area contributed by atoms with Crippen LogP contribution in [0.15, 0.2) is 70.3 Å². The molecule has 0 fully saturated rings. The second-order valence-corrected chi connectivity index (χ2v) is 6.89. The number of amides is 1. The fraction of sp³-hybridized carbons (Fsp3) is 0. The number of fused-ring (bicyclic) bond motifs is 3. The molecular formula is C21H13ClN4O3. The maximum atomic E-state index is 13.0. The van der Waals surface area contributed by atoms with Gasteiger partial charge in [0, 0.05) is 21.5 Å². The van der Waals surface area contributed by atoms with Crippen molar-refractivity contribution in [3.05, 3.63) is 82.3 Å². The van der Waals surface area contributed by atoms with E-state index in [2.05, 4.69) is 20.3 Å². The molecule has 0 spiro atoms. The van der Waals surface area contributed by atoms with Crippen LogP contribution in [0.4, 0.5) is 5.69 Å². The topological polar surface area (TPSA) is 104 Å². The summed E-state index contributed by atoms with van der Waals surface area (Å²) >= 11 is 6.15. The normalized spacial score (nSPS) is 11.2. The molecule has 3 heterocycles. The minimum Gasteiger partial charge on any atom is -0.438 e. The molecular weight excluding hydrogens is 392 g/mol. The Labute approximate surface area is 168 Å². The minimum absolute atomic E-state index is 0.00642. The van der Waals surface area contributed by atoms with Crippen LogP contribution in [0.2, 0.25) is 5.02 Å². The number of pyridine rings is 1. The number of carbonyl (C=O) groups is 1. The summed E-state index contributed by atoms with van der Waals surface area (Å²) in [5, 5.41) is 4.01. The summed E-state index contributed by atoms with van der Waals surface area (Å²) in [6, 6.07) is 14.8. The van der Waals surface area contributed by atoms with Crippen LogP contribution in [-0.4, -0.2) is 20.9 Å². The molecule has 0 saturated carbocycles. The number of nitrogens with one attached hydrogen (secondary N) is 3. The van der Waals surface area contributed by atoms with Crippen LogP contribution in [0, 0.1) is 0 Å². The van der Waals surface area contributed by atoms with Crippen LogP contribution >= 0.6 is 11.6 Å². The lowest BCUT2D eigenvalue weighted by atomic mass is 10.0. The summed E-state index contributed by atoms with van der Waals surface area (Å²) in [6.07, 6.45) is 2.44. The zero-order chi connectivity index (χ0) is 20.0. The van der Waals surface area contributed by atoms with Gasteiger partial charge in [-0.05, 0) is 23.8 Å². The van der Waals surface area contributed by atoms with E-state index in [0.717, 1.165) is 22.9 Å². The molecule has 0 aliphatic heterocycles. The van der Waals surface area contributed by atoms with Crippen molar-refractivity contribution in [3.63, 3.8) is 0 Å². The van der Waals surface area contributed by atoms with Crippen molar-refractivity contribution in [1.82, 2.24) is 15.0 Å². The van der Waals surface area contributed by atoms with Crippen LogP contribution < -0.4 is 10.9 Å². The van der Waals surface area contributed by atoms with E-state index in [0.29, 0.717) is 21.6 Å². The van der Waals surface area contributed by atoms with Crippen molar-refractivity contribution in [2.45, 2.75) is 0 Å². The molecule has 0 bridgehead atoms. The third kappa shape index (κ3) is 2.88. The van der Waals surface area contributed by atoms with Gasteiger partial charge in [0.2, 0.25) is 5.76 Å². The summed E-state index contributed by atoms with van der Waals surface area (Å²) in [5.74, 6) is -0.560. The second kappa shape index (κ2) is 6.65. The third-order valence-corrected chi connectivity index (χ3v) is 4.92. The lowest BCUT2D eigenvalue weighted by Gasteiger charge is -2.11. The van der Waals surface area contributed by atoms with Crippen molar-refractivity contribution in [1.29, 1.82) is 0 Å². The standard InChI is InChI=1S/C21H13ClN4O3/c22-12-6-7-14-13(8-12)17-18(24-14)16(11-4-2-1-3-5-11)19(21(28)25-17)26-20(27)15-9-23-10-29-15/h1-10,24H,(H,25,28)(H,26,27). The number of hydrogen-bond donors (Lipinski definition) is 3. The summed E-state index contributed by atoms with van der Waals surface area (Å²) in [6.45, 7) is 0. The Morgan fingerprint density at radius 3 is 2.66 bits per heavy atom. The van der Waals surface area contributed by atoms with Crippen LogP contribution in [0.1, 0.15) is 10.6 Å². The van der Waals surface area contributed by atoms with Gasteiger partial charge >= 0.3 is 0 Å². The predicted octanol–water partition coefficient (Wildman–Crippen LogP) is 4.57. The number of anilines is 1. The first-order valence-electron chi connectivity index (χ1n) is 8.74. The van der Waals surface area contributed by atoms with Crippen LogP contribution in [0.3, 0.4) is 0 Å². The Morgan fingerprint density at radius 1 is 1.07 bits per heavy atom. The van der Waals surface area contributed by atoms with Gasteiger partial charge in [-0.2, -0.15) is 0 Å². The van der Waals surface area contributed by atoms with Crippen molar-refractivity contribution >= 4 is 45.1 Å². The summed E-state index contributed by atoms with van der Waals surface area (Å²) in [7, 11) is 0. The fourth-order valence-corrected chi connectivity index (χ4v) is 3.58. The SMILES string of the molecule is O=C(Nc1c(-c2ccccc2)c2[nH]c3ccc(Cl)cc3c2[nH]c1=O)c1cnco1. The Morgan fingerprint density at radius 2 is 1.90 bits per heavy atom. The maximum Gasteiger partial charge on any atom is 0.293 e. The average Bonchev–Trinajstić information content (AvgIpc) is 3.37. The highest BCUT2D eigenvalue weighted by atomic mass is 35.5. The predicted molar refractivity (Wildman–Crippen MR) is 111 cm³/mol. The monoisotopic (exact) mass is 404 g/mol. The van der Waals surface area contributed by atoms with E-state index in [1.54, 1.807) is 12.1 Å². The first kappa shape index (κ1) is 17.3. The molecule has 29 heavy (non-hydrogen) atoms. The van der Waals surface area contributed by atoms with Gasteiger partial charge in [0.05, 0.1) is 17.2 Å². The smallest absolute Gasteiger partial charge is 0.293 e. The maximum absolute atomic E-state index is 13.0. The van der Waals surface area contributed by atoms with Gasteiger partial charge in [-0.15, -0.1) is 0 Å². The Bertz CT molecular complexity index is 1420. The zero-order valence-electron chi connectivity index (χ0n) is 14.8. The molecule has 0 aliphatic rings. The van der Waals surface area contributed by atoms with Crippen LogP contribution in [0.25, 0.3) is 33.1 Å². The fourth-order valence-electron chi connectivity index (χ4n) is 3.41. The molecule has 3 aromatic heterocycles. The molecule has 142 valence electrons. The largest absolute Gasteiger partial charge is 0.438 e. The lowest BCUT2D eigenvalue weighted by Crippen LogP contribution is -2.20. The van der Waals surface area contributed by atoms with E-state index in [-0.39, 0.29) is 11.4 Å². The van der Waals surface area contributed by atoms with Crippen LogP contribution in [-0.2, 0) is 0 Å². The van der Waals surface area contributed by atoms with Gasteiger partial charge in [-0.25, -0.2) is 4.98 Å². The van der Waals surface area contributed by atoms with E-state index < -0.39 is 11.5 Å². The Balaban J connectivity index is 1.82. The molecule has 0 radical (unpaired) electrons. The lowest BCUT2D eigenvalue weighted by molar-refractivity contribution is 0.0996. The number of benzene rings is 2. The second-order valence-electron chi connectivity index (χ2n) is 6.45. The molecule has 8 heteroatoms. The van der Waals surface area contributed by atoms with E-state index in [1.807, 2.05) is 36.4 Å². The molecule has 0 unspecified atom stereocenters. The Hall–Kier alpha value is -3.84. The first-order chi connectivity index (χ1) is 14.1. The van der Waals surface area contributed by atoms with E-state index in [4.69, 9.17) is 16.0 Å². The number of halogens is 1. The van der Waals surface area contributed by atoms with E-state index >= 15 is 0 Å². The quantitative estimate of drug-likeness (QED) is 0.409. The van der Waals surface area contributed by atoms with Crippen molar-refractivity contribution in [2.75, 3.05) is 5.32 Å². The average molecular weight is 405 g/mol. The van der Waals surface area contributed by atoms with E-state index in [9.17, 15) is 9.59 Å². The molecule has 5 rings (SSSR count). The van der Waals surface area contributed by atoms with E-state index in [1.165, 1.54) is 6.20 Å². The minimum atomic E-state index is -0.566. The van der Waals surface area contributed by atoms with Gasteiger partial charge < -0.3 is 19.7 Å². The molecule has 1 amide bonds. The highest BCUT2D eigenvalue weighted by molar-refractivity contribution is 6.32. The van der Waals surface area contributed by atoms with Gasteiger partial charge in [0.25, 0.3) is 11.5 Å². The number of aromatic nitrogens is 3. The molecule has 3 N–H and O–H groups in total.